The van der Waals surface area contributed by atoms with Gasteiger partial charge in [0.25, 0.3) is 11.5 Å². The number of carbonyl (C=O) groups is 4. The molecule has 0 spiro atoms. The normalized spacial score (nSPS) is 34.0. The molecule has 1 aromatic heterocycles. The zero-order valence-corrected chi connectivity index (χ0v) is 35.1. The number of H-pyrrole nitrogens is 2. The Hall–Kier alpha value is -4.82. The Morgan fingerprint density at radius 2 is 1.62 bits per heavy atom. The van der Waals surface area contributed by atoms with Gasteiger partial charge in [-0.25, -0.2) is 14.4 Å². The van der Waals surface area contributed by atoms with E-state index in [-0.39, 0.29) is 36.4 Å². The number of carboxylic acids is 1. The predicted octanol–water partition coefficient (Wildman–Crippen LogP) is -1.96. The molecule has 1 aromatic carbocycles. The summed E-state index contributed by atoms with van der Waals surface area (Å²) in [5.41, 5.74) is 3.61. The van der Waals surface area contributed by atoms with Crippen LogP contribution in [0.1, 0.15) is 79.1 Å². The summed E-state index contributed by atoms with van der Waals surface area (Å²) in [6.07, 6.45) is -18.0. The van der Waals surface area contributed by atoms with Gasteiger partial charge in [0, 0.05) is 11.8 Å². The summed E-state index contributed by atoms with van der Waals surface area (Å²) < 4.78 is 41.7. The minimum Gasteiger partial charge on any atom is -0.479 e. The van der Waals surface area contributed by atoms with Gasteiger partial charge in [0.05, 0.1) is 43.4 Å². The Morgan fingerprint density at radius 3 is 2.28 bits per heavy atom. The zero-order chi connectivity index (χ0) is 46.4. The van der Waals surface area contributed by atoms with Crippen LogP contribution in [0.3, 0.4) is 0 Å². The maximum Gasteiger partial charge on any atom is 0.338 e. The smallest absolute Gasteiger partial charge is 0.338 e. The highest BCUT2D eigenvalue weighted by molar-refractivity contribution is 5.92. The molecule has 9 unspecified atom stereocenters. The Labute approximate surface area is 365 Å². The van der Waals surface area contributed by atoms with Gasteiger partial charge < -0.3 is 79.8 Å². The Morgan fingerprint density at radius 1 is 0.891 bits per heavy atom. The Kier molecular flexibility index (Phi) is 16.3. The highest BCUT2D eigenvalue weighted by Gasteiger charge is 2.54. The van der Waals surface area contributed by atoms with E-state index in [4.69, 9.17) is 38.9 Å². The van der Waals surface area contributed by atoms with Gasteiger partial charge >= 0.3 is 23.6 Å². The summed E-state index contributed by atoms with van der Waals surface area (Å²) in [7, 11) is 1.10. The number of nitrogens with one attached hydrogen (secondary N) is 3. The number of nitrogens with two attached hydrogens (primary N) is 1. The van der Waals surface area contributed by atoms with Gasteiger partial charge in [-0.2, -0.15) is 0 Å². The molecule has 15 atom stereocenters. The largest absolute Gasteiger partial charge is 0.479 e. The first kappa shape index (κ1) is 48.6. The number of nitrogen functional groups attached to an aromatic ring is 1. The van der Waals surface area contributed by atoms with Crippen molar-refractivity contribution in [3.05, 3.63) is 62.4 Å². The van der Waals surface area contributed by atoms with Gasteiger partial charge in [-0.3, -0.25) is 19.4 Å². The number of anilines is 1. The van der Waals surface area contributed by atoms with Crippen molar-refractivity contribution in [1.29, 1.82) is 0 Å². The molecule has 0 radical (unpaired) electrons. The number of aliphatic hydroxyl groups is 5. The van der Waals surface area contributed by atoms with E-state index >= 15 is 0 Å². The van der Waals surface area contributed by atoms with Crippen molar-refractivity contribution >= 4 is 29.5 Å². The highest BCUT2D eigenvalue weighted by atomic mass is 16.7. The molecule has 64 heavy (non-hydrogen) atoms. The molecule has 3 heterocycles. The quantitative estimate of drug-likeness (QED) is 0.0685. The van der Waals surface area contributed by atoms with Crippen LogP contribution < -0.4 is 22.3 Å². The molecule has 0 bridgehead atoms. The van der Waals surface area contributed by atoms with E-state index in [1.165, 1.54) is 31.2 Å². The number of aromatic nitrogens is 2. The van der Waals surface area contributed by atoms with Crippen molar-refractivity contribution in [2.75, 3.05) is 19.5 Å². The minimum atomic E-state index is -1.91. The lowest BCUT2D eigenvalue weighted by Crippen LogP contribution is -2.65. The summed E-state index contributed by atoms with van der Waals surface area (Å²) >= 11 is 0. The van der Waals surface area contributed by atoms with Gasteiger partial charge in [-0.15, -0.1) is 0 Å². The van der Waals surface area contributed by atoms with Gasteiger partial charge in [-0.05, 0) is 50.3 Å². The fourth-order valence-corrected chi connectivity index (χ4v) is 8.74. The fraction of sp³-hybridized carbons (Fsp3) is 0.659. The number of rotatable bonds is 15. The van der Waals surface area contributed by atoms with Gasteiger partial charge in [0.2, 0.25) is 0 Å². The predicted molar refractivity (Wildman–Crippen MR) is 215 cm³/mol. The number of aliphatic hydroxyl groups excluding tert-OH is 5. The number of aliphatic carboxylic acids is 1. The molecule has 2 saturated heterocycles. The number of aromatic amines is 2. The second-order valence-electron chi connectivity index (χ2n) is 16.6. The van der Waals surface area contributed by atoms with E-state index in [1.54, 1.807) is 0 Å². The summed E-state index contributed by atoms with van der Waals surface area (Å²) in [5, 5.41) is 67.3. The molecular formula is C41H56N4O19. The lowest BCUT2D eigenvalue weighted by molar-refractivity contribution is -0.347. The molecule has 2 aromatic rings. The van der Waals surface area contributed by atoms with Crippen molar-refractivity contribution in [3.63, 3.8) is 0 Å². The molecule has 2 aliphatic carbocycles. The summed E-state index contributed by atoms with van der Waals surface area (Å²) in [5.74, 6) is -5.44. The van der Waals surface area contributed by atoms with Crippen molar-refractivity contribution < 1.29 is 83.0 Å². The second-order valence-corrected chi connectivity index (χ2v) is 16.6. The van der Waals surface area contributed by atoms with Gasteiger partial charge in [0.15, 0.2) is 24.8 Å². The number of carbonyl (C=O) groups excluding carboxylic acids is 3. The number of amides is 1. The molecule has 4 aliphatic rings. The molecule has 23 nitrogen and oxygen atoms in total. The van der Waals surface area contributed by atoms with E-state index in [9.17, 15) is 59.4 Å². The Balaban J connectivity index is 1.41. The standard InChI is InChI=1S/C41H56N4O19/c1-17-28(48)30(50)31(51)39(59-17)64-32-22(43-35(52)23-15-27(47)45-41(57)44-23)13-20(37(55)58-2)14-24(32)61-40-34(63-38(56)19-9-6-10-21(42)12-19)33(29(49)26(16-46)62-40)60-25(36(53)54)11-18-7-4-3-5-8-18/h6,9-10,12,15,17-18,20,22,24-26,28-34,39-40,46,48-51H,3-5,7-8,11,13-14,16,42H2,1-2H3,(H,43,52)(H,53,54)(H2,44,45,47,57)/t17?,20?,22?,24-,25+,26?,28-,29+,30?,31?,32?,33?,34?,39+,40-/m1/s1. The van der Waals surface area contributed by atoms with Crippen LogP contribution in [0, 0.1) is 11.8 Å². The van der Waals surface area contributed by atoms with Crippen LogP contribution in [0.15, 0.2) is 39.9 Å². The van der Waals surface area contributed by atoms with Crippen LogP contribution in [0.25, 0.3) is 0 Å². The first-order valence-corrected chi connectivity index (χ1v) is 21.1. The van der Waals surface area contributed by atoms with Crippen molar-refractivity contribution in [2.24, 2.45) is 11.8 Å². The van der Waals surface area contributed by atoms with Gasteiger partial charge in [-0.1, -0.05) is 38.2 Å². The zero-order valence-electron chi connectivity index (χ0n) is 35.1. The average molecular weight is 909 g/mol. The first-order chi connectivity index (χ1) is 30.5. The molecule has 23 heteroatoms. The van der Waals surface area contributed by atoms with Crippen molar-refractivity contribution in [3.8, 4) is 0 Å². The van der Waals surface area contributed by atoms with E-state index in [2.05, 4.69) is 10.3 Å². The third kappa shape index (κ3) is 11.5. The van der Waals surface area contributed by atoms with E-state index < -0.39 is 139 Å². The van der Waals surface area contributed by atoms with Gasteiger partial charge in [0.1, 0.15) is 48.4 Å². The number of ether oxygens (including phenoxy) is 7. The topological polar surface area (TPSA) is 358 Å². The number of hydrogen-bond donors (Lipinski definition) is 10. The van der Waals surface area contributed by atoms with E-state index in [0.29, 0.717) is 0 Å². The average Bonchev–Trinajstić information content (AvgIpc) is 3.26. The summed E-state index contributed by atoms with van der Waals surface area (Å²) in [6, 6.07) is 5.07. The highest BCUT2D eigenvalue weighted by Crippen LogP contribution is 2.38. The number of carboxylic acid groups (broad SMARTS) is 1. The van der Waals surface area contributed by atoms with Crippen LogP contribution in [0.5, 0.6) is 0 Å². The third-order valence-electron chi connectivity index (χ3n) is 12.1. The molecule has 11 N–H and O–H groups in total. The number of methoxy groups -OCH3 is 1. The van der Waals surface area contributed by atoms with Crippen LogP contribution in [0.2, 0.25) is 0 Å². The van der Waals surface area contributed by atoms with E-state index in [1.807, 2.05) is 4.98 Å². The van der Waals surface area contributed by atoms with Crippen molar-refractivity contribution in [1.82, 2.24) is 15.3 Å². The molecule has 4 fully saturated rings. The molecule has 2 saturated carbocycles. The Bertz CT molecular complexity index is 2030. The monoisotopic (exact) mass is 908 g/mol. The molecule has 6 rings (SSSR count). The lowest BCUT2D eigenvalue weighted by Gasteiger charge is -2.48. The summed E-state index contributed by atoms with van der Waals surface area (Å²) in [6.45, 7) is 0.495. The third-order valence-corrected chi connectivity index (χ3v) is 12.1. The van der Waals surface area contributed by atoms with Crippen LogP contribution in [-0.4, -0.2) is 164 Å². The molecule has 354 valence electrons. The van der Waals surface area contributed by atoms with Crippen LogP contribution >= 0.6 is 0 Å². The number of hydrogen-bond acceptors (Lipinski definition) is 19. The first-order valence-electron chi connectivity index (χ1n) is 21.1. The SMILES string of the molecule is COC(=O)C1CC(NC(=O)c2cc(=O)[nH]c(=O)[nH]2)C(O[C@@H]2OC(C)[C@@H](O)C(O)C2O)[C@H](O[C@@H]2OC(CO)[C@H](O)C(O[C@@H](CC3CCCCC3)C(=O)O)C2OC(=O)c2cccc(N)c2)C1. The lowest BCUT2D eigenvalue weighted by atomic mass is 9.81. The molecule has 1 amide bonds. The van der Waals surface area contributed by atoms with Crippen LogP contribution in [-0.2, 0) is 42.7 Å². The maximum atomic E-state index is 13.9. The minimum absolute atomic E-state index is 0.0343. The van der Waals surface area contributed by atoms with Crippen molar-refractivity contribution in [2.45, 2.75) is 144 Å². The van der Waals surface area contributed by atoms with Crippen LogP contribution in [0.4, 0.5) is 5.69 Å². The summed E-state index contributed by atoms with van der Waals surface area (Å²) in [4.78, 5) is 82.0. The number of esters is 2. The fourth-order valence-electron chi connectivity index (χ4n) is 8.74. The maximum absolute atomic E-state index is 13.9. The second kappa shape index (κ2) is 21.4. The van der Waals surface area contributed by atoms with E-state index in [0.717, 1.165) is 45.3 Å². The molecular weight excluding hydrogens is 852 g/mol. The number of benzene rings is 1. The molecule has 2 aliphatic heterocycles.